The molecule has 2 unspecified atom stereocenters. The van der Waals surface area contributed by atoms with Crippen LogP contribution in [0.15, 0.2) is 23.2 Å². The second-order valence-electron chi connectivity index (χ2n) is 7.69. The molecule has 0 radical (unpaired) electrons. The third kappa shape index (κ3) is 4.71. The van der Waals surface area contributed by atoms with Crippen LogP contribution in [0.5, 0.6) is 0 Å². The standard InChI is InChI=1S/C20H27FN4O3S/c1-13-19(23(3)20(29-13)22-15-8-6-4-5-7-9-15)24(14(2)26)18-12-16(25(27)28)10-11-17(18)21/h10-13,15,19H,4-9H2,1-3H3. The van der Waals surface area contributed by atoms with Crippen molar-refractivity contribution in [2.75, 3.05) is 11.9 Å². The van der Waals surface area contributed by atoms with E-state index in [2.05, 4.69) is 0 Å². The molecule has 2 atom stereocenters. The Hall–Kier alpha value is -2.16. The monoisotopic (exact) mass is 422 g/mol. The van der Waals surface area contributed by atoms with Gasteiger partial charge in [-0.1, -0.05) is 37.4 Å². The van der Waals surface area contributed by atoms with Crippen molar-refractivity contribution in [3.05, 3.63) is 34.1 Å². The zero-order valence-electron chi connectivity index (χ0n) is 17.0. The van der Waals surface area contributed by atoms with E-state index in [0.717, 1.165) is 36.2 Å². The molecular weight excluding hydrogens is 395 g/mol. The molecule has 2 aliphatic rings. The van der Waals surface area contributed by atoms with Gasteiger partial charge in [0.2, 0.25) is 5.91 Å². The van der Waals surface area contributed by atoms with Crippen molar-refractivity contribution in [1.29, 1.82) is 0 Å². The molecule has 1 aliphatic carbocycles. The fourth-order valence-electron chi connectivity index (χ4n) is 4.08. The quantitative estimate of drug-likeness (QED) is 0.404. The number of hydrogen-bond donors (Lipinski definition) is 0. The van der Waals surface area contributed by atoms with E-state index in [9.17, 15) is 19.3 Å². The number of carbonyl (C=O) groups excluding carboxylic acids is 1. The third-order valence-electron chi connectivity index (χ3n) is 5.53. The third-order valence-corrected chi connectivity index (χ3v) is 6.75. The first-order chi connectivity index (χ1) is 13.8. The zero-order valence-corrected chi connectivity index (χ0v) is 17.8. The van der Waals surface area contributed by atoms with E-state index in [1.807, 2.05) is 18.9 Å². The number of hydrogen-bond acceptors (Lipinski definition) is 5. The lowest BCUT2D eigenvalue weighted by molar-refractivity contribution is -0.384. The Morgan fingerprint density at radius 3 is 2.55 bits per heavy atom. The van der Waals surface area contributed by atoms with Crippen LogP contribution >= 0.6 is 11.8 Å². The van der Waals surface area contributed by atoms with Crippen molar-refractivity contribution in [3.63, 3.8) is 0 Å². The van der Waals surface area contributed by atoms with Gasteiger partial charge >= 0.3 is 0 Å². The first-order valence-corrected chi connectivity index (χ1v) is 10.9. The summed E-state index contributed by atoms with van der Waals surface area (Å²) >= 11 is 1.56. The molecular formula is C20H27FN4O3S. The summed E-state index contributed by atoms with van der Waals surface area (Å²) < 4.78 is 14.6. The van der Waals surface area contributed by atoms with Crippen molar-refractivity contribution < 1.29 is 14.1 Å². The van der Waals surface area contributed by atoms with E-state index in [1.54, 1.807) is 11.8 Å². The number of thioether (sulfide) groups is 1. The molecule has 9 heteroatoms. The largest absolute Gasteiger partial charge is 0.333 e. The number of rotatable bonds is 4. The van der Waals surface area contributed by atoms with Gasteiger partial charge in [-0.2, -0.15) is 0 Å². The second-order valence-corrected chi connectivity index (χ2v) is 9.03. The number of amidine groups is 1. The Balaban J connectivity index is 1.93. The molecule has 1 amide bonds. The summed E-state index contributed by atoms with van der Waals surface area (Å²) in [6.07, 6.45) is 6.49. The maximum Gasteiger partial charge on any atom is 0.271 e. The summed E-state index contributed by atoms with van der Waals surface area (Å²) in [5.41, 5.74) is -0.326. The lowest BCUT2D eigenvalue weighted by atomic mass is 10.1. The van der Waals surface area contributed by atoms with Crippen LogP contribution in [0.3, 0.4) is 0 Å². The Morgan fingerprint density at radius 1 is 1.31 bits per heavy atom. The number of aliphatic imine (C=N–C) groups is 1. The van der Waals surface area contributed by atoms with Gasteiger partial charge in [-0.25, -0.2) is 4.39 Å². The van der Waals surface area contributed by atoms with E-state index in [1.165, 1.54) is 37.5 Å². The Kier molecular flexibility index (Phi) is 6.77. The van der Waals surface area contributed by atoms with E-state index in [0.29, 0.717) is 0 Å². The van der Waals surface area contributed by atoms with Crippen LogP contribution in [0, 0.1) is 15.9 Å². The van der Waals surface area contributed by atoms with E-state index in [4.69, 9.17) is 4.99 Å². The highest BCUT2D eigenvalue weighted by Gasteiger charge is 2.41. The molecule has 0 aromatic heterocycles. The molecule has 7 nitrogen and oxygen atoms in total. The van der Waals surface area contributed by atoms with Crippen LogP contribution in [0.4, 0.5) is 15.8 Å². The number of nitro groups is 1. The number of halogens is 1. The normalized spacial score (nSPS) is 24.6. The molecule has 158 valence electrons. The van der Waals surface area contributed by atoms with Crippen molar-refractivity contribution in [2.24, 2.45) is 4.99 Å². The average molecular weight is 423 g/mol. The molecule has 0 spiro atoms. The summed E-state index contributed by atoms with van der Waals surface area (Å²) in [7, 11) is 1.85. The first kappa shape index (κ1) is 21.5. The predicted molar refractivity (Wildman–Crippen MR) is 114 cm³/mol. The minimum absolute atomic E-state index is 0.0629. The van der Waals surface area contributed by atoms with Crippen molar-refractivity contribution in [3.8, 4) is 0 Å². The van der Waals surface area contributed by atoms with Gasteiger partial charge in [0.1, 0.15) is 12.0 Å². The van der Waals surface area contributed by atoms with Gasteiger partial charge in [0.15, 0.2) is 5.17 Å². The number of anilines is 1. The highest BCUT2D eigenvalue weighted by atomic mass is 32.2. The average Bonchev–Trinajstić information content (AvgIpc) is 2.83. The molecule has 0 N–H and O–H groups in total. The molecule has 1 aromatic rings. The minimum Gasteiger partial charge on any atom is -0.333 e. The topological polar surface area (TPSA) is 79.0 Å². The van der Waals surface area contributed by atoms with E-state index in [-0.39, 0.29) is 28.6 Å². The van der Waals surface area contributed by atoms with Crippen LogP contribution < -0.4 is 4.90 Å². The first-order valence-electron chi connectivity index (χ1n) is 10.0. The summed E-state index contributed by atoms with van der Waals surface area (Å²) in [5, 5.41) is 11.9. The van der Waals surface area contributed by atoms with Crippen LogP contribution in [0.1, 0.15) is 52.4 Å². The summed E-state index contributed by atoms with van der Waals surface area (Å²) in [6, 6.07) is 3.54. The summed E-state index contributed by atoms with van der Waals surface area (Å²) in [4.78, 5) is 31.2. The molecule has 2 fully saturated rings. The van der Waals surface area contributed by atoms with Gasteiger partial charge in [-0.05, 0) is 25.8 Å². The van der Waals surface area contributed by atoms with Crippen LogP contribution in [0.2, 0.25) is 0 Å². The Morgan fingerprint density at radius 2 is 1.97 bits per heavy atom. The van der Waals surface area contributed by atoms with Crippen LogP contribution in [-0.2, 0) is 4.79 Å². The molecule has 1 aliphatic heterocycles. The molecule has 1 aromatic carbocycles. The predicted octanol–water partition coefficient (Wildman–Crippen LogP) is 4.56. The van der Waals surface area contributed by atoms with Crippen molar-refractivity contribution >= 4 is 34.2 Å². The number of nitro benzene ring substituents is 1. The molecule has 3 rings (SSSR count). The number of non-ortho nitro benzene ring substituents is 1. The van der Waals surface area contributed by atoms with E-state index < -0.39 is 16.9 Å². The highest BCUT2D eigenvalue weighted by Crippen LogP contribution is 2.37. The number of carbonyl (C=O) groups is 1. The van der Waals surface area contributed by atoms with Crippen molar-refractivity contribution in [2.45, 2.75) is 69.8 Å². The fourth-order valence-corrected chi connectivity index (χ4v) is 5.33. The maximum absolute atomic E-state index is 14.6. The van der Waals surface area contributed by atoms with Gasteiger partial charge in [0.05, 0.1) is 16.7 Å². The summed E-state index contributed by atoms with van der Waals surface area (Å²) in [6.45, 7) is 3.32. The SMILES string of the molecule is CC(=O)N(c1cc([N+](=O)[O-])ccc1F)C1C(C)SC(=NC2CCCCCC2)N1C. The van der Waals surface area contributed by atoms with Gasteiger partial charge in [0.25, 0.3) is 5.69 Å². The molecule has 1 saturated carbocycles. The smallest absolute Gasteiger partial charge is 0.271 e. The second kappa shape index (κ2) is 9.11. The molecule has 29 heavy (non-hydrogen) atoms. The summed E-state index contributed by atoms with van der Waals surface area (Å²) in [5.74, 6) is -1.03. The highest BCUT2D eigenvalue weighted by molar-refractivity contribution is 8.14. The number of amides is 1. The molecule has 1 saturated heterocycles. The lowest BCUT2D eigenvalue weighted by Gasteiger charge is -2.35. The Labute approximate surface area is 174 Å². The van der Waals surface area contributed by atoms with Gasteiger partial charge < -0.3 is 4.90 Å². The lowest BCUT2D eigenvalue weighted by Crippen LogP contribution is -2.51. The van der Waals surface area contributed by atoms with Gasteiger partial charge in [-0.3, -0.25) is 24.8 Å². The van der Waals surface area contributed by atoms with Crippen LogP contribution in [-0.4, -0.2) is 45.4 Å². The maximum atomic E-state index is 14.6. The van der Waals surface area contributed by atoms with Gasteiger partial charge in [-0.15, -0.1) is 0 Å². The number of nitrogens with zero attached hydrogens (tertiary/aromatic N) is 4. The Bertz CT molecular complexity index is 811. The fraction of sp³-hybridized carbons (Fsp3) is 0.600. The van der Waals surface area contributed by atoms with Crippen LogP contribution in [0.25, 0.3) is 0 Å². The molecule has 0 bridgehead atoms. The van der Waals surface area contributed by atoms with Crippen molar-refractivity contribution in [1.82, 2.24) is 4.90 Å². The zero-order chi connectivity index (χ0) is 21.1. The van der Waals surface area contributed by atoms with E-state index >= 15 is 0 Å². The minimum atomic E-state index is -0.662. The number of benzene rings is 1. The van der Waals surface area contributed by atoms with Gasteiger partial charge in [0, 0.05) is 31.4 Å². The molecule has 1 heterocycles.